The molecule has 0 bridgehead atoms. The van der Waals surface area contributed by atoms with Gasteiger partial charge in [0.05, 0.1) is 6.04 Å². The monoisotopic (exact) mass is 239 g/mol. The van der Waals surface area contributed by atoms with Gasteiger partial charge in [0.15, 0.2) is 0 Å². The van der Waals surface area contributed by atoms with Crippen molar-refractivity contribution in [3.8, 4) is 0 Å². The number of ether oxygens (including phenoxy) is 1. The first kappa shape index (κ1) is 13.5. The molecule has 0 unspecified atom stereocenters. The maximum absolute atomic E-state index is 13.0. The van der Waals surface area contributed by atoms with Crippen molar-refractivity contribution in [2.24, 2.45) is 0 Å². The van der Waals surface area contributed by atoms with Gasteiger partial charge in [-0.2, -0.15) is 0 Å². The number of carbonyl (C=O) groups is 1. The second-order valence-corrected chi connectivity index (χ2v) is 4.92. The Bertz CT molecular complexity index is 399. The Morgan fingerprint density at radius 1 is 1.41 bits per heavy atom. The first-order valence-electron chi connectivity index (χ1n) is 5.53. The molecule has 94 valence electrons. The summed E-state index contributed by atoms with van der Waals surface area (Å²) in [5, 5.41) is 2.65. The lowest BCUT2D eigenvalue weighted by Gasteiger charge is -2.22. The Labute approximate surface area is 101 Å². The van der Waals surface area contributed by atoms with Gasteiger partial charge in [0.1, 0.15) is 11.4 Å². The highest BCUT2D eigenvalue weighted by Crippen LogP contribution is 2.14. The predicted molar refractivity (Wildman–Crippen MR) is 64.2 cm³/mol. The first-order chi connectivity index (χ1) is 7.78. The van der Waals surface area contributed by atoms with Crippen LogP contribution in [0.1, 0.15) is 39.3 Å². The molecule has 0 aromatic heterocycles. The SMILES string of the molecule is C[C@H](NC(=O)OC(C)(C)C)c1cccc(F)c1. The normalized spacial score (nSPS) is 13.0. The molecule has 0 aliphatic heterocycles. The molecule has 0 aliphatic carbocycles. The van der Waals surface area contributed by atoms with Crippen LogP contribution in [0.25, 0.3) is 0 Å². The van der Waals surface area contributed by atoms with Gasteiger partial charge in [0.25, 0.3) is 0 Å². The summed E-state index contributed by atoms with van der Waals surface area (Å²) >= 11 is 0. The highest BCUT2D eigenvalue weighted by atomic mass is 19.1. The van der Waals surface area contributed by atoms with E-state index in [9.17, 15) is 9.18 Å². The number of amides is 1. The number of hydrogen-bond donors (Lipinski definition) is 1. The smallest absolute Gasteiger partial charge is 0.408 e. The lowest BCUT2D eigenvalue weighted by molar-refractivity contribution is 0.0508. The van der Waals surface area contributed by atoms with E-state index >= 15 is 0 Å². The fourth-order valence-corrected chi connectivity index (χ4v) is 1.34. The Morgan fingerprint density at radius 3 is 2.59 bits per heavy atom. The number of carbonyl (C=O) groups excluding carboxylic acids is 1. The highest BCUT2D eigenvalue weighted by molar-refractivity contribution is 5.68. The van der Waals surface area contributed by atoms with Crippen molar-refractivity contribution in [1.82, 2.24) is 5.32 Å². The number of halogens is 1. The van der Waals surface area contributed by atoms with Crippen LogP contribution >= 0.6 is 0 Å². The third kappa shape index (κ3) is 4.85. The Morgan fingerprint density at radius 2 is 2.06 bits per heavy atom. The van der Waals surface area contributed by atoms with Gasteiger partial charge in [-0.15, -0.1) is 0 Å². The van der Waals surface area contributed by atoms with Crippen LogP contribution in [0, 0.1) is 5.82 Å². The van der Waals surface area contributed by atoms with Gasteiger partial charge in [0.2, 0.25) is 0 Å². The van der Waals surface area contributed by atoms with Gasteiger partial charge in [-0.3, -0.25) is 0 Å². The van der Waals surface area contributed by atoms with E-state index in [4.69, 9.17) is 4.74 Å². The van der Waals surface area contributed by atoms with Crippen molar-refractivity contribution in [3.05, 3.63) is 35.6 Å². The van der Waals surface area contributed by atoms with Crippen LogP contribution in [0.3, 0.4) is 0 Å². The molecule has 0 heterocycles. The number of nitrogens with one attached hydrogen (secondary N) is 1. The first-order valence-corrected chi connectivity index (χ1v) is 5.53. The average Bonchev–Trinajstić information content (AvgIpc) is 2.14. The molecule has 0 fully saturated rings. The zero-order chi connectivity index (χ0) is 13.1. The predicted octanol–water partition coefficient (Wildman–Crippen LogP) is 3.41. The second-order valence-electron chi connectivity index (χ2n) is 4.92. The molecule has 0 radical (unpaired) electrons. The second kappa shape index (κ2) is 5.17. The topological polar surface area (TPSA) is 38.3 Å². The summed E-state index contributed by atoms with van der Waals surface area (Å²) in [6, 6.07) is 5.83. The van der Waals surface area contributed by atoms with Crippen LogP contribution in [0.4, 0.5) is 9.18 Å². The van der Waals surface area contributed by atoms with Crippen molar-refractivity contribution < 1.29 is 13.9 Å². The fourth-order valence-electron chi connectivity index (χ4n) is 1.34. The zero-order valence-corrected chi connectivity index (χ0v) is 10.6. The fraction of sp³-hybridized carbons (Fsp3) is 0.462. The van der Waals surface area contributed by atoms with E-state index in [2.05, 4.69) is 5.32 Å². The third-order valence-electron chi connectivity index (χ3n) is 2.08. The summed E-state index contributed by atoms with van der Waals surface area (Å²) in [4.78, 5) is 11.5. The largest absolute Gasteiger partial charge is 0.444 e. The third-order valence-corrected chi connectivity index (χ3v) is 2.08. The van der Waals surface area contributed by atoms with E-state index < -0.39 is 11.7 Å². The van der Waals surface area contributed by atoms with Gasteiger partial charge in [-0.1, -0.05) is 12.1 Å². The lowest BCUT2D eigenvalue weighted by atomic mass is 10.1. The molecule has 1 amide bonds. The van der Waals surface area contributed by atoms with Crippen LogP contribution in [-0.2, 0) is 4.74 Å². The summed E-state index contributed by atoms with van der Waals surface area (Å²) in [6.45, 7) is 7.15. The van der Waals surface area contributed by atoms with Gasteiger partial charge in [-0.05, 0) is 45.4 Å². The molecule has 3 nitrogen and oxygen atoms in total. The maximum atomic E-state index is 13.0. The Balaban J connectivity index is 2.61. The maximum Gasteiger partial charge on any atom is 0.408 e. The molecule has 1 aromatic rings. The summed E-state index contributed by atoms with van der Waals surface area (Å²) < 4.78 is 18.1. The average molecular weight is 239 g/mol. The van der Waals surface area contributed by atoms with E-state index in [0.717, 1.165) is 0 Å². The number of rotatable bonds is 2. The molecule has 0 spiro atoms. The lowest BCUT2D eigenvalue weighted by Crippen LogP contribution is -2.34. The van der Waals surface area contributed by atoms with Gasteiger partial charge >= 0.3 is 6.09 Å². The molecule has 1 rings (SSSR count). The summed E-state index contributed by atoms with van der Waals surface area (Å²) in [6.07, 6.45) is -0.505. The van der Waals surface area contributed by atoms with E-state index in [1.807, 2.05) is 0 Å². The van der Waals surface area contributed by atoms with Crippen LogP contribution in [0.2, 0.25) is 0 Å². The molecule has 0 saturated heterocycles. The molecule has 17 heavy (non-hydrogen) atoms. The van der Waals surface area contributed by atoms with Crippen LogP contribution in [0.5, 0.6) is 0 Å². The van der Waals surface area contributed by atoms with Gasteiger partial charge in [0, 0.05) is 0 Å². The molecule has 0 aliphatic rings. The number of benzene rings is 1. The minimum Gasteiger partial charge on any atom is -0.444 e. The molecular formula is C13H18FNO2. The zero-order valence-electron chi connectivity index (χ0n) is 10.6. The number of hydrogen-bond acceptors (Lipinski definition) is 2. The molecule has 1 aromatic carbocycles. The van der Waals surface area contributed by atoms with Crippen LogP contribution in [-0.4, -0.2) is 11.7 Å². The van der Waals surface area contributed by atoms with E-state index in [0.29, 0.717) is 5.56 Å². The van der Waals surface area contributed by atoms with E-state index in [1.54, 1.807) is 39.8 Å². The van der Waals surface area contributed by atoms with Crippen molar-refractivity contribution >= 4 is 6.09 Å². The van der Waals surface area contributed by atoms with Crippen molar-refractivity contribution in [3.63, 3.8) is 0 Å². The standard InChI is InChI=1S/C13H18FNO2/c1-9(10-6-5-7-11(14)8-10)15-12(16)17-13(2,3)4/h5-9H,1-4H3,(H,15,16)/t9-/m0/s1. The Hall–Kier alpha value is -1.58. The minimum atomic E-state index is -0.536. The number of alkyl carbamates (subject to hydrolysis) is 1. The van der Waals surface area contributed by atoms with Crippen molar-refractivity contribution in [2.45, 2.75) is 39.3 Å². The van der Waals surface area contributed by atoms with Crippen LogP contribution in [0.15, 0.2) is 24.3 Å². The van der Waals surface area contributed by atoms with Crippen LogP contribution < -0.4 is 5.32 Å². The van der Waals surface area contributed by atoms with E-state index in [-0.39, 0.29) is 11.9 Å². The summed E-state index contributed by atoms with van der Waals surface area (Å²) in [5.74, 6) is -0.319. The van der Waals surface area contributed by atoms with Crippen molar-refractivity contribution in [1.29, 1.82) is 0 Å². The summed E-state index contributed by atoms with van der Waals surface area (Å²) in [5.41, 5.74) is 0.169. The highest BCUT2D eigenvalue weighted by Gasteiger charge is 2.18. The molecule has 1 atom stereocenters. The quantitative estimate of drug-likeness (QED) is 0.858. The molecule has 0 saturated carbocycles. The van der Waals surface area contributed by atoms with Gasteiger partial charge < -0.3 is 10.1 Å². The molecular weight excluding hydrogens is 221 g/mol. The summed E-state index contributed by atoms with van der Waals surface area (Å²) in [7, 11) is 0. The van der Waals surface area contributed by atoms with E-state index in [1.165, 1.54) is 12.1 Å². The molecule has 4 heteroatoms. The van der Waals surface area contributed by atoms with Crippen molar-refractivity contribution in [2.75, 3.05) is 0 Å². The minimum absolute atomic E-state index is 0.291. The van der Waals surface area contributed by atoms with Gasteiger partial charge in [-0.25, -0.2) is 9.18 Å². The Kier molecular flexibility index (Phi) is 4.10. The molecule has 1 N–H and O–H groups in total.